The Morgan fingerprint density at radius 2 is 1.82 bits per heavy atom. The summed E-state index contributed by atoms with van der Waals surface area (Å²) in [6, 6.07) is 4.58. The Morgan fingerprint density at radius 1 is 1.13 bits per heavy atom. The summed E-state index contributed by atoms with van der Waals surface area (Å²) >= 11 is 0. The van der Waals surface area contributed by atoms with Crippen LogP contribution in [0, 0.1) is 12.7 Å². The van der Waals surface area contributed by atoms with Crippen LogP contribution in [-0.2, 0) is 22.6 Å². The summed E-state index contributed by atoms with van der Waals surface area (Å²) in [7, 11) is 0. The van der Waals surface area contributed by atoms with E-state index in [1.54, 1.807) is 10.6 Å². The molecule has 0 radical (unpaired) electrons. The summed E-state index contributed by atoms with van der Waals surface area (Å²) in [4.78, 5) is 39.0. The molecule has 1 saturated heterocycles. The van der Waals surface area contributed by atoms with Crippen molar-refractivity contribution < 1.29 is 33.8 Å². The smallest absolute Gasteiger partial charge is 0.328 e. The first-order valence-corrected chi connectivity index (χ1v) is 12.8. The number of piperidine rings is 1. The minimum absolute atomic E-state index is 0.00237. The van der Waals surface area contributed by atoms with Crippen molar-refractivity contribution in [2.45, 2.75) is 57.6 Å². The van der Waals surface area contributed by atoms with Gasteiger partial charge in [0.05, 0.1) is 5.69 Å². The van der Waals surface area contributed by atoms with Crippen molar-refractivity contribution in [1.29, 1.82) is 0 Å². The molecule has 1 atom stereocenters. The second-order valence-electron chi connectivity index (χ2n) is 9.73. The molecule has 208 valence electrons. The quantitative estimate of drug-likeness (QED) is 0.395. The number of aryl methyl sites for hydroxylation is 1. The Labute approximate surface area is 223 Å². The van der Waals surface area contributed by atoms with E-state index in [0.29, 0.717) is 48.9 Å². The lowest BCUT2D eigenvalue weighted by atomic mass is 9.91. The molecule has 4 heterocycles. The van der Waals surface area contributed by atoms with Gasteiger partial charge in [-0.25, -0.2) is 19.0 Å². The maximum atomic E-state index is 13.4. The number of carboxylic acid groups (broad SMARTS) is 2. The van der Waals surface area contributed by atoms with Crippen LogP contribution in [0.1, 0.15) is 60.5 Å². The zero-order valence-electron chi connectivity index (χ0n) is 21.5. The molecular weight excluding hydrogens is 511 g/mol. The third kappa shape index (κ3) is 6.76. The molecule has 1 aromatic carbocycles. The van der Waals surface area contributed by atoms with Gasteiger partial charge in [0.1, 0.15) is 17.7 Å². The van der Waals surface area contributed by atoms with Crippen LogP contribution in [0.5, 0.6) is 0 Å². The van der Waals surface area contributed by atoms with E-state index in [0.717, 1.165) is 61.2 Å². The second kappa shape index (κ2) is 12.3. The summed E-state index contributed by atoms with van der Waals surface area (Å²) in [6.07, 6.45) is 4.50. The number of benzene rings is 1. The van der Waals surface area contributed by atoms with Gasteiger partial charge in [0, 0.05) is 53.9 Å². The number of nitrogens with zero attached hydrogens (tertiary/aromatic N) is 4. The standard InChI is InChI=1S/C23H27FN4O3.C4H4O4/c1-14-17(23(30)28-9-2-3-19(29)22(28)25-14)8-12-27-10-6-15(7-11-27)21-18-5-4-16(24)13-20(18)31-26-21;5-3(6)1-2-4(7)8/h4-5,13,15,19,29H,2-3,6-12H2,1H3;1-2H,(H,5,6)(H,7,8)/b;2-1+/t19-;/m1./s1. The Hall–Kier alpha value is -3.90. The van der Waals surface area contributed by atoms with Crippen molar-refractivity contribution in [2.75, 3.05) is 19.6 Å². The molecule has 2 aromatic heterocycles. The van der Waals surface area contributed by atoms with Crippen molar-refractivity contribution in [3.8, 4) is 0 Å². The lowest BCUT2D eigenvalue weighted by molar-refractivity contribution is -0.134. The van der Waals surface area contributed by atoms with Crippen LogP contribution in [0.4, 0.5) is 4.39 Å². The van der Waals surface area contributed by atoms with Gasteiger partial charge in [-0.05, 0) is 64.3 Å². The van der Waals surface area contributed by atoms with Crippen molar-refractivity contribution in [3.05, 3.63) is 69.3 Å². The van der Waals surface area contributed by atoms with E-state index in [1.807, 2.05) is 6.92 Å². The molecule has 0 spiro atoms. The van der Waals surface area contributed by atoms with Crippen LogP contribution in [0.15, 0.2) is 39.7 Å². The predicted molar refractivity (Wildman–Crippen MR) is 138 cm³/mol. The highest BCUT2D eigenvalue weighted by Gasteiger charge is 2.27. The minimum atomic E-state index is -1.26. The molecule has 11 nitrogen and oxygen atoms in total. The number of hydrogen-bond acceptors (Lipinski definition) is 8. The summed E-state index contributed by atoms with van der Waals surface area (Å²) in [5.41, 5.74) is 2.90. The number of carboxylic acids is 2. The average molecular weight is 543 g/mol. The first-order chi connectivity index (χ1) is 18.6. The van der Waals surface area contributed by atoms with Gasteiger partial charge >= 0.3 is 11.9 Å². The molecule has 3 aromatic rings. The topological polar surface area (TPSA) is 159 Å². The molecule has 0 saturated carbocycles. The summed E-state index contributed by atoms with van der Waals surface area (Å²) in [5, 5.41) is 30.9. The lowest BCUT2D eigenvalue weighted by Gasteiger charge is -2.31. The number of halogens is 1. The fourth-order valence-electron chi connectivity index (χ4n) is 5.12. The zero-order valence-corrected chi connectivity index (χ0v) is 21.5. The molecular formula is C27H31FN4O7. The fourth-order valence-corrected chi connectivity index (χ4v) is 5.12. The largest absolute Gasteiger partial charge is 0.478 e. The summed E-state index contributed by atoms with van der Waals surface area (Å²) in [6.45, 7) is 5.13. The van der Waals surface area contributed by atoms with Crippen LogP contribution in [0.3, 0.4) is 0 Å². The highest BCUT2D eigenvalue weighted by Crippen LogP contribution is 2.33. The van der Waals surface area contributed by atoms with Gasteiger partial charge in [-0.1, -0.05) is 5.16 Å². The van der Waals surface area contributed by atoms with Crippen LogP contribution in [-0.4, -0.2) is 66.5 Å². The van der Waals surface area contributed by atoms with E-state index < -0.39 is 18.0 Å². The number of aromatic nitrogens is 3. The highest BCUT2D eigenvalue weighted by atomic mass is 19.1. The number of aliphatic hydroxyl groups excluding tert-OH is 1. The fraction of sp³-hybridized carbons (Fsp3) is 0.444. The van der Waals surface area contributed by atoms with E-state index in [1.165, 1.54) is 12.1 Å². The Bertz CT molecular complexity index is 1420. The Morgan fingerprint density at radius 3 is 2.49 bits per heavy atom. The second-order valence-corrected chi connectivity index (χ2v) is 9.73. The van der Waals surface area contributed by atoms with Crippen LogP contribution in [0.2, 0.25) is 0 Å². The van der Waals surface area contributed by atoms with Crippen molar-refractivity contribution in [1.82, 2.24) is 19.6 Å². The van der Waals surface area contributed by atoms with Crippen LogP contribution < -0.4 is 5.56 Å². The van der Waals surface area contributed by atoms with Gasteiger partial charge in [0.25, 0.3) is 5.56 Å². The first-order valence-electron chi connectivity index (χ1n) is 12.8. The first kappa shape index (κ1) is 28.1. The average Bonchev–Trinajstić information content (AvgIpc) is 3.32. The van der Waals surface area contributed by atoms with Crippen LogP contribution in [0.25, 0.3) is 11.0 Å². The van der Waals surface area contributed by atoms with Gasteiger partial charge in [0.2, 0.25) is 0 Å². The minimum Gasteiger partial charge on any atom is -0.478 e. The molecule has 5 rings (SSSR count). The lowest BCUT2D eigenvalue weighted by Crippen LogP contribution is -2.37. The Kier molecular flexibility index (Phi) is 8.87. The van der Waals surface area contributed by atoms with E-state index in [2.05, 4.69) is 15.0 Å². The number of likely N-dealkylation sites (tertiary alicyclic amines) is 1. The number of rotatable bonds is 6. The van der Waals surface area contributed by atoms with Crippen molar-refractivity contribution in [3.63, 3.8) is 0 Å². The van der Waals surface area contributed by atoms with E-state index in [9.17, 15) is 23.9 Å². The van der Waals surface area contributed by atoms with Crippen LogP contribution >= 0.6 is 0 Å². The number of aliphatic carboxylic acids is 2. The molecule has 12 heteroatoms. The van der Waals surface area contributed by atoms with Gasteiger partial charge in [-0.2, -0.15) is 0 Å². The Balaban J connectivity index is 0.000000386. The SMILES string of the molecule is Cc1nc2n(c(=O)c1CCN1CCC(c3noc4cc(F)ccc34)CC1)CCC[C@H]2O.O=C(O)/C=C/C(=O)O. The zero-order chi connectivity index (χ0) is 28.1. The molecule has 1 fully saturated rings. The number of aliphatic hydroxyl groups is 1. The van der Waals surface area contributed by atoms with Gasteiger partial charge in [-0.3, -0.25) is 9.36 Å². The molecule has 0 bridgehead atoms. The number of fused-ring (bicyclic) bond motifs is 2. The number of hydrogen-bond donors (Lipinski definition) is 3. The highest BCUT2D eigenvalue weighted by molar-refractivity contribution is 5.89. The number of carbonyl (C=O) groups is 2. The van der Waals surface area contributed by atoms with Gasteiger partial charge in [0.15, 0.2) is 5.58 Å². The van der Waals surface area contributed by atoms with Gasteiger partial charge in [-0.15, -0.1) is 0 Å². The van der Waals surface area contributed by atoms with E-state index in [4.69, 9.17) is 14.7 Å². The van der Waals surface area contributed by atoms with Crippen molar-refractivity contribution >= 4 is 22.9 Å². The van der Waals surface area contributed by atoms with Crippen molar-refractivity contribution in [2.24, 2.45) is 0 Å². The van der Waals surface area contributed by atoms with E-state index in [-0.39, 0.29) is 11.4 Å². The molecule has 2 aliphatic rings. The summed E-state index contributed by atoms with van der Waals surface area (Å²) < 4.78 is 20.4. The maximum Gasteiger partial charge on any atom is 0.328 e. The molecule has 39 heavy (non-hydrogen) atoms. The molecule has 0 amide bonds. The third-order valence-corrected chi connectivity index (χ3v) is 7.14. The molecule has 0 unspecified atom stereocenters. The van der Waals surface area contributed by atoms with Gasteiger partial charge < -0.3 is 24.7 Å². The summed E-state index contributed by atoms with van der Waals surface area (Å²) in [5.74, 6) is -2.03. The molecule has 3 N–H and O–H groups in total. The third-order valence-electron chi connectivity index (χ3n) is 7.14. The monoisotopic (exact) mass is 542 g/mol. The predicted octanol–water partition coefficient (Wildman–Crippen LogP) is 2.79. The normalized spacial score (nSPS) is 18.1. The molecule has 2 aliphatic heterocycles. The van der Waals surface area contributed by atoms with E-state index >= 15 is 0 Å². The maximum absolute atomic E-state index is 13.4. The molecule has 0 aliphatic carbocycles.